The average Bonchev–Trinajstić information content (AvgIpc) is 3.44. The molecule has 1 aromatic heterocycles. The van der Waals surface area contributed by atoms with Crippen LogP contribution in [-0.4, -0.2) is 62.1 Å². The largest absolute Gasteiger partial charge is 0.480 e. The number of aliphatic hydroxyl groups is 1. The summed E-state index contributed by atoms with van der Waals surface area (Å²) in [6.07, 6.45) is -1.12. The number of benzene rings is 3. The van der Waals surface area contributed by atoms with Gasteiger partial charge in [-0.25, -0.2) is 14.5 Å². The van der Waals surface area contributed by atoms with Crippen LogP contribution in [0.2, 0.25) is 5.02 Å². The van der Waals surface area contributed by atoms with Crippen molar-refractivity contribution in [2.45, 2.75) is 37.6 Å². The number of aromatic nitrogens is 1. The van der Waals surface area contributed by atoms with Gasteiger partial charge in [-0.3, -0.25) is 14.5 Å². The third-order valence-corrected chi connectivity index (χ3v) is 7.87. The number of aromatic amines is 1. The summed E-state index contributed by atoms with van der Waals surface area (Å²) in [6, 6.07) is 17.1. The molecular formula is C30H25ClN4O6. The Morgan fingerprint density at radius 3 is 2.51 bits per heavy atom. The van der Waals surface area contributed by atoms with Gasteiger partial charge in [0, 0.05) is 28.0 Å². The van der Waals surface area contributed by atoms with Gasteiger partial charge in [-0.1, -0.05) is 54.1 Å². The third kappa shape index (κ3) is 4.32. The fraction of sp³-hybridized carbons (Fsp3) is 0.200. The molecule has 10 nitrogen and oxygen atoms in total. The summed E-state index contributed by atoms with van der Waals surface area (Å²) < 4.78 is 0. The monoisotopic (exact) mass is 572 g/mol. The van der Waals surface area contributed by atoms with Crippen LogP contribution in [0.15, 0.2) is 72.8 Å². The number of carboxylic acid groups (broad SMARTS) is 1. The number of nitrogens with one attached hydrogen (secondary N) is 2. The van der Waals surface area contributed by atoms with Crippen LogP contribution >= 0.6 is 11.6 Å². The number of para-hydroxylation sites is 2. The first-order valence-corrected chi connectivity index (χ1v) is 13.4. The Balaban J connectivity index is 1.45. The molecule has 4 amide bonds. The number of carboxylic acids is 1. The number of hydrogen-bond donors (Lipinski definition) is 4. The summed E-state index contributed by atoms with van der Waals surface area (Å²) >= 11 is 6.35. The lowest BCUT2D eigenvalue weighted by molar-refractivity contribution is -0.141. The molecule has 11 heteroatoms. The summed E-state index contributed by atoms with van der Waals surface area (Å²) in [7, 11) is 0. The number of rotatable bonds is 6. The molecule has 6 rings (SSSR count). The maximum atomic E-state index is 14.2. The van der Waals surface area contributed by atoms with Gasteiger partial charge in [0.2, 0.25) is 0 Å². The van der Waals surface area contributed by atoms with E-state index < -0.39 is 48.0 Å². The number of aliphatic hydroxyl groups excluding tert-OH is 1. The van der Waals surface area contributed by atoms with E-state index in [1.54, 1.807) is 30.3 Å². The molecule has 41 heavy (non-hydrogen) atoms. The number of aliphatic carboxylic acids is 1. The summed E-state index contributed by atoms with van der Waals surface area (Å²) in [6.45, 7) is 1.24. The summed E-state index contributed by atoms with van der Waals surface area (Å²) in [4.78, 5) is 58.9. The Morgan fingerprint density at radius 2 is 1.78 bits per heavy atom. The molecule has 0 spiro atoms. The van der Waals surface area contributed by atoms with E-state index in [4.69, 9.17) is 11.6 Å². The van der Waals surface area contributed by atoms with Crippen LogP contribution in [0, 0.1) is 0 Å². The molecule has 0 radical (unpaired) electrons. The second-order valence-electron chi connectivity index (χ2n) is 10.2. The number of halogens is 1. The summed E-state index contributed by atoms with van der Waals surface area (Å²) in [5, 5.41) is 23.0. The Hall–Kier alpha value is -4.67. The average molecular weight is 573 g/mol. The van der Waals surface area contributed by atoms with Gasteiger partial charge in [0.1, 0.15) is 12.1 Å². The Bertz CT molecular complexity index is 1730. The number of nitrogens with zero attached hydrogens (tertiary/aromatic N) is 2. The first-order chi connectivity index (χ1) is 19.7. The highest BCUT2D eigenvalue weighted by molar-refractivity contribution is 6.30. The summed E-state index contributed by atoms with van der Waals surface area (Å²) in [5.41, 5.74) is 3.23. The SMILES string of the molecule is CC(O)[C@@H](NC(=O)c1ccccc1N1C(=O)[C@@H]2Cc3c([nH]c4ccccc34)C(c3cccc(Cl)c3)N2C1=O)C(=O)O. The lowest BCUT2D eigenvalue weighted by Crippen LogP contribution is -2.48. The molecule has 2 aliphatic heterocycles. The van der Waals surface area contributed by atoms with Crippen molar-refractivity contribution in [2.24, 2.45) is 0 Å². The Kier molecular flexibility index (Phi) is 6.51. The molecule has 208 valence electrons. The first-order valence-electron chi connectivity index (χ1n) is 13.0. The van der Waals surface area contributed by atoms with Gasteiger partial charge >= 0.3 is 12.0 Å². The standard InChI is InChI=1S/C30H25ClN4O6/c1-15(36)24(29(39)40)33-27(37)19-10-3-5-12-22(19)35-28(38)23-14-20-18-9-2-4-11-21(18)32-25(20)26(34(23)30(35)41)16-7-6-8-17(31)13-16/h2-13,15,23-24,26,32,36H,14H2,1H3,(H,33,37)(H,39,40)/t15?,23-,24+,26?/m0/s1. The zero-order valence-corrected chi connectivity index (χ0v) is 22.5. The van der Waals surface area contributed by atoms with E-state index in [0.717, 1.165) is 27.1 Å². The van der Waals surface area contributed by atoms with Crippen LogP contribution in [0.25, 0.3) is 10.9 Å². The number of amides is 4. The lowest BCUT2D eigenvalue weighted by Gasteiger charge is -2.36. The number of urea groups is 1. The van der Waals surface area contributed by atoms with E-state index >= 15 is 0 Å². The van der Waals surface area contributed by atoms with E-state index in [2.05, 4.69) is 10.3 Å². The number of carbonyl (C=O) groups is 4. The zero-order valence-electron chi connectivity index (χ0n) is 21.7. The van der Waals surface area contributed by atoms with Gasteiger partial charge in [-0.15, -0.1) is 0 Å². The van der Waals surface area contributed by atoms with E-state index in [1.165, 1.54) is 24.0 Å². The molecule has 4 N–H and O–H groups in total. The Labute approximate surface area is 239 Å². The maximum Gasteiger partial charge on any atom is 0.332 e. The zero-order chi connectivity index (χ0) is 29.0. The van der Waals surface area contributed by atoms with E-state index in [-0.39, 0.29) is 17.7 Å². The van der Waals surface area contributed by atoms with Crippen LogP contribution in [0.5, 0.6) is 0 Å². The Morgan fingerprint density at radius 1 is 1.05 bits per heavy atom. The minimum atomic E-state index is -1.59. The molecule has 0 aliphatic carbocycles. The number of hydrogen-bond acceptors (Lipinski definition) is 5. The number of H-pyrrole nitrogens is 1. The number of anilines is 1. The molecule has 3 heterocycles. The van der Waals surface area contributed by atoms with Crippen molar-refractivity contribution in [1.29, 1.82) is 0 Å². The van der Waals surface area contributed by atoms with Crippen molar-refractivity contribution in [3.63, 3.8) is 0 Å². The van der Waals surface area contributed by atoms with Crippen LogP contribution in [-0.2, 0) is 16.0 Å². The van der Waals surface area contributed by atoms with Crippen LogP contribution in [0.4, 0.5) is 10.5 Å². The minimum Gasteiger partial charge on any atom is -0.480 e. The lowest BCUT2D eigenvalue weighted by atomic mass is 9.89. The fourth-order valence-corrected chi connectivity index (χ4v) is 5.99. The molecule has 2 unspecified atom stereocenters. The minimum absolute atomic E-state index is 0.0162. The normalized spacial score (nSPS) is 19.6. The van der Waals surface area contributed by atoms with Crippen molar-refractivity contribution in [3.8, 4) is 0 Å². The maximum absolute atomic E-state index is 14.2. The predicted octanol–water partition coefficient (Wildman–Crippen LogP) is 3.87. The molecular weight excluding hydrogens is 548 g/mol. The number of fused-ring (bicyclic) bond motifs is 4. The molecule has 4 aromatic rings. The van der Waals surface area contributed by atoms with Crippen LogP contribution in [0.3, 0.4) is 0 Å². The highest BCUT2D eigenvalue weighted by Gasteiger charge is 2.53. The van der Waals surface area contributed by atoms with Gasteiger partial charge < -0.3 is 20.5 Å². The topological polar surface area (TPSA) is 143 Å². The highest BCUT2D eigenvalue weighted by Crippen LogP contribution is 2.45. The molecule has 0 bridgehead atoms. The van der Waals surface area contributed by atoms with Gasteiger partial charge in [-0.2, -0.15) is 0 Å². The van der Waals surface area contributed by atoms with Crippen molar-refractivity contribution >= 4 is 52.0 Å². The van der Waals surface area contributed by atoms with Gasteiger partial charge in [-0.05, 0) is 48.4 Å². The molecule has 1 saturated heterocycles. The molecule has 1 fully saturated rings. The fourth-order valence-electron chi connectivity index (χ4n) is 5.79. The van der Waals surface area contributed by atoms with Gasteiger partial charge in [0.15, 0.2) is 6.04 Å². The highest BCUT2D eigenvalue weighted by atomic mass is 35.5. The number of imide groups is 1. The van der Waals surface area contributed by atoms with Crippen molar-refractivity contribution in [1.82, 2.24) is 15.2 Å². The van der Waals surface area contributed by atoms with Crippen LogP contribution in [0.1, 0.15) is 40.1 Å². The second kappa shape index (κ2) is 10.1. The second-order valence-corrected chi connectivity index (χ2v) is 10.6. The molecule has 4 atom stereocenters. The van der Waals surface area contributed by atoms with E-state index in [9.17, 15) is 29.4 Å². The van der Waals surface area contributed by atoms with E-state index in [0.29, 0.717) is 10.6 Å². The molecule has 0 saturated carbocycles. The van der Waals surface area contributed by atoms with Crippen molar-refractivity contribution in [2.75, 3.05) is 4.90 Å². The quantitative estimate of drug-likeness (QED) is 0.258. The number of carbonyl (C=O) groups excluding carboxylic acids is 3. The van der Waals surface area contributed by atoms with Crippen molar-refractivity contribution in [3.05, 3.63) is 100 Å². The summed E-state index contributed by atoms with van der Waals surface area (Å²) in [5.74, 6) is -2.78. The molecule has 2 aliphatic rings. The van der Waals surface area contributed by atoms with Crippen LogP contribution < -0.4 is 10.2 Å². The molecule has 3 aromatic carbocycles. The van der Waals surface area contributed by atoms with E-state index in [1.807, 2.05) is 30.3 Å². The smallest absolute Gasteiger partial charge is 0.332 e. The third-order valence-electron chi connectivity index (χ3n) is 7.64. The first kappa shape index (κ1) is 26.5. The van der Waals surface area contributed by atoms with Gasteiger partial charge in [0.05, 0.1) is 17.4 Å². The predicted molar refractivity (Wildman–Crippen MR) is 151 cm³/mol. The van der Waals surface area contributed by atoms with Crippen molar-refractivity contribution < 1.29 is 29.4 Å². The van der Waals surface area contributed by atoms with Gasteiger partial charge in [0.25, 0.3) is 11.8 Å².